The standard InChI is InChI=1S/C22H23FN2O2/c1-14-11-15(2)21-18(12-14)19(22(26)24-9-4-10-27-3)13-20(25-21)16-5-7-17(23)8-6-16/h5-8,11-13H,4,9-10H2,1-3H3,(H,24,26). The van der Waals surface area contributed by atoms with E-state index in [2.05, 4.69) is 5.32 Å². The summed E-state index contributed by atoms with van der Waals surface area (Å²) >= 11 is 0. The summed E-state index contributed by atoms with van der Waals surface area (Å²) in [6, 6.07) is 11.9. The Labute approximate surface area is 158 Å². The fraction of sp³-hybridized carbons (Fsp3) is 0.273. The third-order valence-corrected chi connectivity index (χ3v) is 4.44. The molecule has 27 heavy (non-hydrogen) atoms. The number of aryl methyl sites for hydroxylation is 2. The molecule has 0 aliphatic heterocycles. The number of amides is 1. The Morgan fingerprint density at radius 1 is 1.15 bits per heavy atom. The van der Waals surface area contributed by atoms with E-state index in [0.717, 1.165) is 34.0 Å². The number of hydrogen-bond donors (Lipinski definition) is 1. The number of nitrogens with one attached hydrogen (secondary N) is 1. The van der Waals surface area contributed by atoms with Gasteiger partial charge in [0.25, 0.3) is 5.91 Å². The Morgan fingerprint density at radius 2 is 1.89 bits per heavy atom. The Balaban J connectivity index is 2.08. The van der Waals surface area contributed by atoms with Gasteiger partial charge in [0, 0.05) is 31.2 Å². The Hall–Kier alpha value is -2.79. The topological polar surface area (TPSA) is 51.2 Å². The summed E-state index contributed by atoms with van der Waals surface area (Å²) in [6.45, 7) is 5.11. The molecule has 0 spiro atoms. The molecule has 0 atom stereocenters. The van der Waals surface area contributed by atoms with Gasteiger partial charge in [0.1, 0.15) is 5.82 Å². The minimum atomic E-state index is -0.303. The minimum absolute atomic E-state index is 0.146. The van der Waals surface area contributed by atoms with E-state index in [4.69, 9.17) is 9.72 Å². The van der Waals surface area contributed by atoms with E-state index in [9.17, 15) is 9.18 Å². The summed E-state index contributed by atoms with van der Waals surface area (Å²) in [6.07, 6.45) is 0.744. The fourth-order valence-corrected chi connectivity index (χ4v) is 3.15. The van der Waals surface area contributed by atoms with Crippen LogP contribution in [-0.2, 0) is 4.74 Å². The van der Waals surface area contributed by atoms with Crippen LogP contribution in [0.3, 0.4) is 0 Å². The summed E-state index contributed by atoms with van der Waals surface area (Å²) in [5, 5.41) is 3.77. The number of pyridine rings is 1. The van der Waals surface area contributed by atoms with E-state index in [1.165, 1.54) is 12.1 Å². The summed E-state index contributed by atoms with van der Waals surface area (Å²) < 4.78 is 18.3. The lowest BCUT2D eigenvalue weighted by Gasteiger charge is -2.13. The molecule has 0 radical (unpaired) electrons. The van der Waals surface area contributed by atoms with Gasteiger partial charge >= 0.3 is 0 Å². The van der Waals surface area contributed by atoms with E-state index in [0.29, 0.717) is 24.4 Å². The molecule has 3 aromatic rings. The molecule has 5 heteroatoms. The molecule has 1 N–H and O–H groups in total. The summed E-state index contributed by atoms with van der Waals surface area (Å²) in [4.78, 5) is 17.6. The molecule has 3 rings (SSSR count). The van der Waals surface area contributed by atoms with Crippen molar-refractivity contribution in [3.63, 3.8) is 0 Å². The van der Waals surface area contributed by atoms with Crippen molar-refractivity contribution in [1.82, 2.24) is 10.3 Å². The van der Waals surface area contributed by atoms with Crippen molar-refractivity contribution < 1.29 is 13.9 Å². The van der Waals surface area contributed by atoms with Crippen molar-refractivity contribution in [3.8, 4) is 11.3 Å². The van der Waals surface area contributed by atoms with Gasteiger partial charge in [0.05, 0.1) is 16.8 Å². The number of carbonyl (C=O) groups excluding carboxylic acids is 1. The predicted molar refractivity (Wildman–Crippen MR) is 105 cm³/mol. The molecule has 1 heterocycles. The van der Waals surface area contributed by atoms with E-state index in [1.54, 1.807) is 25.3 Å². The van der Waals surface area contributed by atoms with E-state index < -0.39 is 0 Å². The second kappa shape index (κ2) is 8.27. The van der Waals surface area contributed by atoms with Crippen LogP contribution in [0.4, 0.5) is 4.39 Å². The van der Waals surface area contributed by atoms with Crippen molar-refractivity contribution >= 4 is 16.8 Å². The van der Waals surface area contributed by atoms with Gasteiger partial charge in [-0.05, 0) is 62.2 Å². The first-order chi connectivity index (χ1) is 13.0. The van der Waals surface area contributed by atoms with Crippen LogP contribution < -0.4 is 5.32 Å². The average molecular weight is 366 g/mol. The van der Waals surface area contributed by atoms with Crippen LogP contribution >= 0.6 is 0 Å². The fourth-order valence-electron chi connectivity index (χ4n) is 3.15. The number of benzene rings is 2. The number of halogens is 1. The first-order valence-corrected chi connectivity index (χ1v) is 8.94. The lowest BCUT2D eigenvalue weighted by molar-refractivity contribution is 0.0950. The van der Waals surface area contributed by atoms with Gasteiger partial charge in [0.2, 0.25) is 0 Å². The average Bonchev–Trinajstić information content (AvgIpc) is 2.65. The molecule has 0 fully saturated rings. The zero-order valence-corrected chi connectivity index (χ0v) is 15.8. The van der Waals surface area contributed by atoms with Crippen LogP contribution in [-0.4, -0.2) is 31.2 Å². The highest BCUT2D eigenvalue weighted by molar-refractivity contribution is 6.08. The molecular weight excluding hydrogens is 343 g/mol. The maximum atomic E-state index is 13.3. The van der Waals surface area contributed by atoms with Crippen LogP contribution in [0, 0.1) is 19.7 Å². The lowest BCUT2D eigenvalue weighted by atomic mass is 9.99. The molecule has 0 aliphatic carbocycles. The van der Waals surface area contributed by atoms with Gasteiger partial charge in [-0.15, -0.1) is 0 Å². The SMILES string of the molecule is COCCCNC(=O)c1cc(-c2ccc(F)cc2)nc2c(C)cc(C)cc12. The lowest BCUT2D eigenvalue weighted by Crippen LogP contribution is -2.25. The molecular formula is C22H23FN2O2. The third-order valence-electron chi connectivity index (χ3n) is 4.44. The Kier molecular flexibility index (Phi) is 5.81. The molecule has 0 bridgehead atoms. The number of hydrogen-bond acceptors (Lipinski definition) is 3. The second-order valence-electron chi connectivity index (χ2n) is 6.64. The van der Waals surface area contributed by atoms with Crippen LogP contribution in [0.2, 0.25) is 0 Å². The Bertz CT molecular complexity index is 968. The molecule has 0 saturated heterocycles. The smallest absolute Gasteiger partial charge is 0.252 e. The molecule has 0 saturated carbocycles. The highest BCUT2D eigenvalue weighted by atomic mass is 19.1. The van der Waals surface area contributed by atoms with E-state index in [-0.39, 0.29) is 11.7 Å². The maximum absolute atomic E-state index is 13.3. The molecule has 2 aromatic carbocycles. The van der Waals surface area contributed by atoms with Gasteiger partial charge in [-0.3, -0.25) is 4.79 Å². The van der Waals surface area contributed by atoms with E-state index >= 15 is 0 Å². The van der Waals surface area contributed by atoms with Crippen molar-refractivity contribution in [2.24, 2.45) is 0 Å². The van der Waals surface area contributed by atoms with Crippen molar-refractivity contribution in [2.45, 2.75) is 20.3 Å². The van der Waals surface area contributed by atoms with Gasteiger partial charge < -0.3 is 10.1 Å². The van der Waals surface area contributed by atoms with Gasteiger partial charge in [-0.1, -0.05) is 11.6 Å². The minimum Gasteiger partial charge on any atom is -0.385 e. The predicted octanol–water partition coefficient (Wildman–Crippen LogP) is 4.42. The number of nitrogens with zero attached hydrogens (tertiary/aromatic N) is 1. The van der Waals surface area contributed by atoms with Crippen molar-refractivity contribution in [3.05, 3.63) is 65.0 Å². The van der Waals surface area contributed by atoms with Crippen LogP contribution in [0.1, 0.15) is 27.9 Å². The van der Waals surface area contributed by atoms with Gasteiger partial charge in [-0.2, -0.15) is 0 Å². The van der Waals surface area contributed by atoms with Crippen molar-refractivity contribution in [2.75, 3.05) is 20.3 Å². The zero-order valence-electron chi connectivity index (χ0n) is 15.8. The molecule has 0 aliphatic rings. The Morgan fingerprint density at radius 3 is 2.59 bits per heavy atom. The van der Waals surface area contributed by atoms with Crippen molar-refractivity contribution in [1.29, 1.82) is 0 Å². The highest BCUT2D eigenvalue weighted by Crippen LogP contribution is 2.28. The highest BCUT2D eigenvalue weighted by Gasteiger charge is 2.15. The van der Waals surface area contributed by atoms with Gasteiger partial charge in [-0.25, -0.2) is 9.37 Å². The normalized spacial score (nSPS) is 11.0. The molecule has 140 valence electrons. The first-order valence-electron chi connectivity index (χ1n) is 8.94. The number of aromatic nitrogens is 1. The van der Waals surface area contributed by atoms with Crippen LogP contribution in [0.15, 0.2) is 42.5 Å². The molecule has 1 aromatic heterocycles. The molecule has 4 nitrogen and oxygen atoms in total. The third kappa shape index (κ3) is 4.31. The number of methoxy groups -OCH3 is 1. The van der Waals surface area contributed by atoms with Gasteiger partial charge in [0.15, 0.2) is 0 Å². The largest absolute Gasteiger partial charge is 0.385 e. The summed E-state index contributed by atoms with van der Waals surface area (Å²) in [5.74, 6) is -0.450. The maximum Gasteiger partial charge on any atom is 0.252 e. The number of carbonyl (C=O) groups is 1. The zero-order chi connectivity index (χ0) is 19.4. The summed E-state index contributed by atoms with van der Waals surface area (Å²) in [5.41, 5.74) is 4.85. The molecule has 0 unspecified atom stereocenters. The number of fused-ring (bicyclic) bond motifs is 1. The first kappa shape index (κ1) is 19.0. The number of ether oxygens (including phenoxy) is 1. The molecule has 1 amide bonds. The quantitative estimate of drug-likeness (QED) is 0.657. The number of rotatable bonds is 6. The van der Waals surface area contributed by atoms with E-state index in [1.807, 2.05) is 26.0 Å². The van der Waals surface area contributed by atoms with Crippen LogP contribution in [0.5, 0.6) is 0 Å². The second-order valence-corrected chi connectivity index (χ2v) is 6.64. The summed E-state index contributed by atoms with van der Waals surface area (Å²) in [7, 11) is 1.64. The van der Waals surface area contributed by atoms with Crippen LogP contribution in [0.25, 0.3) is 22.2 Å². The monoisotopic (exact) mass is 366 g/mol.